The Morgan fingerprint density at radius 2 is 1.19 bits per heavy atom. The fraction of sp³-hybridized carbons (Fsp3) is 0.690. The van der Waals surface area contributed by atoms with E-state index in [0.29, 0.717) is 6.61 Å². The molecule has 1 rings (SSSR count). The number of hydrogen-bond acceptors (Lipinski definition) is 6. The quantitative estimate of drug-likeness (QED) is 0.0945. The van der Waals surface area contributed by atoms with Crippen LogP contribution >= 0.6 is 0 Å². The minimum absolute atomic E-state index is 0.147. The molecule has 0 atom stereocenters. The van der Waals surface area contributed by atoms with Crippen molar-refractivity contribution in [2.75, 3.05) is 18.5 Å². The number of carboxylic acids is 1. The SMILES string of the molecule is CCCCCCCCCCOC(=O)Nc1ccc(OC(=O)OCCCCCCCCCC)c(C(=O)O)c1. The number of carbonyl (C=O) groups excluding carboxylic acids is 2. The van der Waals surface area contributed by atoms with Crippen molar-refractivity contribution in [1.82, 2.24) is 0 Å². The molecule has 37 heavy (non-hydrogen) atoms. The smallest absolute Gasteiger partial charge is 0.478 e. The number of aromatic carboxylic acids is 1. The third-order valence-corrected chi connectivity index (χ3v) is 6.10. The van der Waals surface area contributed by atoms with E-state index in [9.17, 15) is 19.5 Å². The molecule has 0 radical (unpaired) electrons. The lowest BCUT2D eigenvalue weighted by atomic mass is 10.1. The summed E-state index contributed by atoms with van der Waals surface area (Å²) < 4.78 is 15.3. The molecule has 0 heterocycles. The zero-order valence-corrected chi connectivity index (χ0v) is 22.9. The number of nitrogens with one attached hydrogen (secondary N) is 1. The van der Waals surface area contributed by atoms with Crippen LogP contribution in [0.1, 0.15) is 127 Å². The summed E-state index contributed by atoms with van der Waals surface area (Å²) in [6, 6.07) is 3.99. The van der Waals surface area contributed by atoms with E-state index in [4.69, 9.17) is 14.2 Å². The van der Waals surface area contributed by atoms with Gasteiger partial charge in [0.25, 0.3) is 0 Å². The Bertz CT molecular complexity index is 782. The highest BCUT2D eigenvalue weighted by molar-refractivity contribution is 5.94. The van der Waals surface area contributed by atoms with Crippen LogP contribution in [0, 0.1) is 0 Å². The Morgan fingerprint density at radius 1 is 0.703 bits per heavy atom. The molecule has 210 valence electrons. The van der Waals surface area contributed by atoms with Gasteiger partial charge in [0, 0.05) is 5.69 Å². The first-order chi connectivity index (χ1) is 18.0. The predicted octanol–water partition coefficient (Wildman–Crippen LogP) is 8.73. The lowest BCUT2D eigenvalue weighted by Crippen LogP contribution is -2.16. The maximum atomic E-state index is 12.0. The third-order valence-electron chi connectivity index (χ3n) is 6.10. The van der Waals surface area contributed by atoms with Crippen LogP contribution in [0.25, 0.3) is 0 Å². The van der Waals surface area contributed by atoms with Gasteiger partial charge in [0.15, 0.2) is 0 Å². The number of benzene rings is 1. The molecule has 0 fully saturated rings. The van der Waals surface area contributed by atoms with Crippen molar-refractivity contribution in [3.05, 3.63) is 23.8 Å². The molecule has 0 aliphatic rings. The molecule has 0 saturated carbocycles. The number of rotatable bonds is 21. The summed E-state index contributed by atoms with van der Waals surface area (Å²) in [5, 5.41) is 12.0. The van der Waals surface area contributed by atoms with E-state index in [-0.39, 0.29) is 23.6 Å². The molecule has 1 aromatic rings. The number of ether oxygens (including phenoxy) is 3. The molecule has 1 aromatic carbocycles. The lowest BCUT2D eigenvalue weighted by Gasteiger charge is -2.11. The number of hydrogen-bond donors (Lipinski definition) is 2. The summed E-state index contributed by atoms with van der Waals surface area (Å²) in [6.07, 6.45) is 16.5. The minimum Gasteiger partial charge on any atom is -0.478 e. The maximum Gasteiger partial charge on any atom is 0.513 e. The summed E-state index contributed by atoms with van der Waals surface area (Å²) in [4.78, 5) is 35.7. The molecular formula is C29H47NO7. The Morgan fingerprint density at radius 3 is 1.70 bits per heavy atom. The first-order valence-corrected chi connectivity index (χ1v) is 14.1. The minimum atomic E-state index is -1.29. The number of carboxylic acid groups (broad SMARTS) is 1. The van der Waals surface area contributed by atoms with Crippen molar-refractivity contribution in [1.29, 1.82) is 0 Å². The molecule has 8 heteroatoms. The van der Waals surface area contributed by atoms with Gasteiger partial charge < -0.3 is 19.3 Å². The first-order valence-electron chi connectivity index (χ1n) is 14.1. The van der Waals surface area contributed by atoms with Crippen LogP contribution in [0.3, 0.4) is 0 Å². The van der Waals surface area contributed by atoms with Gasteiger partial charge in [0.2, 0.25) is 0 Å². The van der Waals surface area contributed by atoms with Gasteiger partial charge in [-0.1, -0.05) is 104 Å². The van der Waals surface area contributed by atoms with Crippen LogP contribution < -0.4 is 10.1 Å². The lowest BCUT2D eigenvalue weighted by molar-refractivity contribution is 0.0689. The zero-order chi connectivity index (χ0) is 27.1. The first kappa shape index (κ1) is 32.3. The van der Waals surface area contributed by atoms with E-state index in [1.807, 2.05) is 0 Å². The zero-order valence-electron chi connectivity index (χ0n) is 22.9. The molecule has 0 aromatic heterocycles. The van der Waals surface area contributed by atoms with Crippen molar-refractivity contribution in [3.63, 3.8) is 0 Å². The fourth-order valence-corrected chi connectivity index (χ4v) is 3.93. The molecule has 2 N–H and O–H groups in total. The van der Waals surface area contributed by atoms with Crippen molar-refractivity contribution < 1.29 is 33.7 Å². The third kappa shape index (κ3) is 16.6. The Kier molecular flexibility index (Phi) is 18.6. The van der Waals surface area contributed by atoms with E-state index in [1.54, 1.807) is 0 Å². The molecule has 0 aliphatic heterocycles. The number of carbonyl (C=O) groups is 3. The van der Waals surface area contributed by atoms with Crippen LogP contribution in [0.4, 0.5) is 15.3 Å². The average Bonchev–Trinajstić information content (AvgIpc) is 2.87. The molecule has 0 bridgehead atoms. The molecule has 0 aliphatic carbocycles. The second-order valence-electron chi connectivity index (χ2n) is 9.43. The van der Waals surface area contributed by atoms with Gasteiger partial charge in [-0.2, -0.15) is 0 Å². The Balaban J connectivity index is 2.32. The summed E-state index contributed by atoms with van der Waals surface area (Å²) in [6.45, 7) is 4.92. The van der Waals surface area contributed by atoms with Crippen molar-refractivity contribution in [2.24, 2.45) is 0 Å². The van der Waals surface area contributed by atoms with Gasteiger partial charge in [0.1, 0.15) is 11.3 Å². The molecule has 0 spiro atoms. The summed E-state index contributed by atoms with van der Waals surface area (Å²) >= 11 is 0. The number of unbranched alkanes of at least 4 members (excludes halogenated alkanes) is 14. The van der Waals surface area contributed by atoms with Gasteiger partial charge in [-0.15, -0.1) is 0 Å². The van der Waals surface area contributed by atoms with Crippen molar-refractivity contribution >= 4 is 23.9 Å². The van der Waals surface area contributed by atoms with E-state index in [1.165, 1.54) is 82.4 Å². The molecule has 0 saturated heterocycles. The fourth-order valence-electron chi connectivity index (χ4n) is 3.93. The average molecular weight is 522 g/mol. The van der Waals surface area contributed by atoms with Gasteiger partial charge in [-0.05, 0) is 31.0 Å². The largest absolute Gasteiger partial charge is 0.513 e. The second-order valence-corrected chi connectivity index (χ2v) is 9.43. The van der Waals surface area contributed by atoms with Crippen LogP contribution in [-0.2, 0) is 9.47 Å². The van der Waals surface area contributed by atoms with E-state index in [0.717, 1.165) is 38.5 Å². The van der Waals surface area contributed by atoms with Gasteiger partial charge >= 0.3 is 18.2 Å². The molecule has 8 nitrogen and oxygen atoms in total. The molecule has 1 amide bonds. The van der Waals surface area contributed by atoms with Crippen LogP contribution in [-0.4, -0.2) is 36.5 Å². The van der Waals surface area contributed by atoms with Crippen LogP contribution in [0.2, 0.25) is 0 Å². The summed E-state index contributed by atoms with van der Waals surface area (Å²) in [7, 11) is 0. The van der Waals surface area contributed by atoms with Gasteiger partial charge in [-0.3, -0.25) is 5.32 Å². The topological polar surface area (TPSA) is 111 Å². The molecule has 0 unspecified atom stereocenters. The summed E-state index contributed by atoms with van der Waals surface area (Å²) in [5.74, 6) is -1.44. The number of anilines is 1. The Labute approximate surface area is 222 Å². The predicted molar refractivity (Wildman–Crippen MR) is 146 cm³/mol. The highest BCUT2D eigenvalue weighted by atomic mass is 16.7. The maximum absolute atomic E-state index is 12.0. The van der Waals surface area contributed by atoms with E-state index >= 15 is 0 Å². The monoisotopic (exact) mass is 521 g/mol. The van der Waals surface area contributed by atoms with Crippen molar-refractivity contribution in [3.8, 4) is 5.75 Å². The van der Waals surface area contributed by atoms with Crippen LogP contribution in [0.5, 0.6) is 5.75 Å². The van der Waals surface area contributed by atoms with Gasteiger partial charge in [0.05, 0.1) is 13.2 Å². The molecular weight excluding hydrogens is 474 g/mol. The van der Waals surface area contributed by atoms with E-state index in [2.05, 4.69) is 19.2 Å². The second kappa shape index (κ2) is 21.3. The van der Waals surface area contributed by atoms with Gasteiger partial charge in [-0.25, -0.2) is 14.4 Å². The summed E-state index contributed by atoms with van der Waals surface area (Å²) in [5.41, 5.74) is -0.0251. The highest BCUT2D eigenvalue weighted by Gasteiger charge is 2.17. The van der Waals surface area contributed by atoms with Crippen LogP contribution in [0.15, 0.2) is 18.2 Å². The normalized spacial score (nSPS) is 10.6. The standard InChI is InChI=1S/C29H47NO7/c1-3-5-7-9-11-13-15-17-21-35-28(33)30-24-19-20-26(25(23-24)27(31)32)37-29(34)36-22-18-16-14-12-10-8-6-4-2/h19-20,23H,3-18,21-22H2,1-2H3,(H,30,33)(H,31,32). The highest BCUT2D eigenvalue weighted by Crippen LogP contribution is 2.24. The van der Waals surface area contributed by atoms with Crippen molar-refractivity contribution in [2.45, 2.75) is 117 Å². The Hall–Kier alpha value is -2.77. The van der Waals surface area contributed by atoms with E-state index < -0.39 is 18.2 Å². The number of amides is 1.